The Morgan fingerprint density at radius 1 is 1.06 bits per heavy atom. The van der Waals surface area contributed by atoms with Crippen molar-refractivity contribution in [1.82, 2.24) is 5.32 Å². The van der Waals surface area contributed by atoms with Crippen molar-refractivity contribution in [3.63, 3.8) is 0 Å². The Hall–Kier alpha value is -2.86. The fraction of sp³-hybridized carbons (Fsp3) is 0.375. The first-order valence-corrected chi connectivity index (χ1v) is 10.8. The molecule has 2 atom stereocenters. The van der Waals surface area contributed by atoms with E-state index in [2.05, 4.69) is 10.6 Å². The van der Waals surface area contributed by atoms with E-state index in [1.807, 2.05) is 45.9 Å². The number of rotatable bonds is 9. The van der Waals surface area contributed by atoms with Gasteiger partial charge < -0.3 is 15.4 Å². The third kappa shape index (κ3) is 6.82. The van der Waals surface area contributed by atoms with Crippen LogP contribution in [0.1, 0.15) is 48.7 Å². The number of nitrogens with one attached hydrogen (secondary N) is 2. The minimum Gasteiger partial charge on any atom is -0.454 e. The molecule has 0 aliphatic carbocycles. The highest BCUT2D eigenvalue weighted by Gasteiger charge is 2.28. The lowest BCUT2D eigenvalue weighted by atomic mass is 9.99. The zero-order valence-electron chi connectivity index (χ0n) is 18.3. The molecule has 0 saturated carbocycles. The molecule has 0 radical (unpaired) electrons. The van der Waals surface area contributed by atoms with Crippen LogP contribution in [-0.4, -0.2) is 30.4 Å². The van der Waals surface area contributed by atoms with Crippen molar-refractivity contribution >= 4 is 35.1 Å². The Kier molecular flexibility index (Phi) is 9.06. The molecule has 2 N–H and O–H groups in total. The smallest absolute Gasteiger partial charge is 0.329 e. The maximum absolute atomic E-state index is 12.7. The second kappa shape index (κ2) is 11.5. The summed E-state index contributed by atoms with van der Waals surface area (Å²) in [5.41, 5.74) is 3.06. The van der Waals surface area contributed by atoms with Crippen molar-refractivity contribution < 1.29 is 19.1 Å². The van der Waals surface area contributed by atoms with Gasteiger partial charge in [-0.05, 0) is 54.7 Å². The Balaban J connectivity index is 2.01. The Labute approximate surface area is 188 Å². The molecule has 0 bridgehead atoms. The summed E-state index contributed by atoms with van der Waals surface area (Å²) in [6.07, 6.45) is 1.42. The summed E-state index contributed by atoms with van der Waals surface area (Å²) in [6, 6.07) is 11.3. The van der Waals surface area contributed by atoms with Crippen molar-refractivity contribution in [2.75, 3.05) is 11.9 Å². The van der Waals surface area contributed by atoms with Crippen molar-refractivity contribution in [3.05, 3.63) is 64.2 Å². The quantitative estimate of drug-likeness (QED) is 0.556. The molecule has 0 aliphatic heterocycles. The number of aryl methyl sites for hydroxylation is 2. The summed E-state index contributed by atoms with van der Waals surface area (Å²) < 4.78 is 5.24. The van der Waals surface area contributed by atoms with Crippen molar-refractivity contribution in [2.45, 2.75) is 46.6 Å². The largest absolute Gasteiger partial charge is 0.454 e. The Bertz CT molecular complexity index is 928. The van der Waals surface area contributed by atoms with Crippen LogP contribution in [-0.2, 0) is 20.7 Å². The summed E-state index contributed by atoms with van der Waals surface area (Å²) in [6.45, 7) is 7.24. The number of halogens is 1. The van der Waals surface area contributed by atoms with Crippen molar-refractivity contribution in [3.8, 4) is 0 Å². The molecular formula is C24H29ClN2O4. The molecule has 0 aliphatic rings. The van der Waals surface area contributed by atoms with Gasteiger partial charge in [-0.3, -0.25) is 9.59 Å². The van der Waals surface area contributed by atoms with Crippen molar-refractivity contribution in [2.24, 2.45) is 5.92 Å². The minimum absolute atomic E-state index is 0.171. The monoisotopic (exact) mass is 444 g/mol. The number of anilines is 1. The number of benzene rings is 2. The van der Waals surface area contributed by atoms with E-state index in [1.54, 1.807) is 24.3 Å². The predicted molar refractivity (Wildman–Crippen MR) is 122 cm³/mol. The average molecular weight is 445 g/mol. The van der Waals surface area contributed by atoms with Gasteiger partial charge in [-0.1, -0.05) is 57.0 Å². The van der Waals surface area contributed by atoms with Crippen LogP contribution in [0.4, 0.5) is 5.69 Å². The van der Waals surface area contributed by atoms with Crippen LogP contribution in [0.3, 0.4) is 0 Å². The highest BCUT2D eigenvalue weighted by molar-refractivity contribution is 6.30. The number of para-hydroxylation sites is 1. The van der Waals surface area contributed by atoms with Gasteiger partial charge >= 0.3 is 5.97 Å². The fourth-order valence-corrected chi connectivity index (χ4v) is 3.22. The SMILES string of the molecule is CCc1cccc(C)c1NC(=O)COC(=O)[C@@H](NC(=O)c1ccc(Cl)cc1)[C@@H](C)CC. The lowest BCUT2D eigenvalue weighted by Crippen LogP contribution is -2.46. The average Bonchev–Trinajstić information content (AvgIpc) is 2.76. The number of carbonyl (C=O) groups excluding carboxylic acids is 3. The predicted octanol–water partition coefficient (Wildman–Crippen LogP) is 4.54. The van der Waals surface area contributed by atoms with Gasteiger partial charge in [0.2, 0.25) is 0 Å². The minimum atomic E-state index is -0.870. The van der Waals surface area contributed by atoms with Gasteiger partial charge in [0.1, 0.15) is 6.04 Å². The number of hydrogen-bond acceptors (Lipinski definition) is 4. The molecule has 0 saturated heterocycles. The zero-order valence-corrected chi connectivity index (χ0v) is 19.1. The Morgan fingerprint density at radius 2 is 1.74 bits per heavy atom. The van der Waals surface area contributed by atoms with Gasteiger partial charge in [0, 0.05) is 16.3 Å². The highest BCUT2D eigenvalue weighted by atomic mass is 35.5. The third-order valence-corrected chi connectivity index (χ3v) is 5.46. The lowest BCUT2D eigenvalue weighted by Gasteiger charge is -2.23. The van der Waals surface area contributed by atoms with Crippen LogP contribution in [0.2, 0.25) is 5.02 Å². The molecule has 2 rings (SSSR count). The maximum Gasteiger partial charge on any atom is 0.329 e. The molecule has 7 heteroatoms. The van der Waals surface area contributed by atoms with E-state index in [-0.39, 0.29) is 5.92 Å². The molecule has 0 aromatic heterocycles. The van der Waals surface area contributed by atoms with E-state index in [1.165, 1.54) is 0 Å². The van der Waals surface area contributed by atoms with E-state index in [0.717, 1.165) is 23.2 Å². The first kappa shape index (κ1) is 24.4. The van der Waals surface area contributed by atoms with E-state index in [4.69, 9.17) is 16.3 Å². The molecule has 0 heterocycles. The van der Waals surface area contributed by atoms with Gasteiger partial charge in [0.15, 0.2) is 6.61 Å². The lowest BCUT2D eigenvalue weighted by molar-refractivity contribution is -0.150. The van der Waals surface area contributed by atoms with Crippen LogP contribution in [0.15, 0.2) is 42.5 Å². The molecule has 0 fully saturated rings. The van der Waals surface area contributed by atoms with Gasteiger partial charge in [-0.15, -0.1) is 0 Å². The first-order valence-electron chi connectivity index (χ1n) is 10.4. The van der Waals surface area contributed by atoms with E-state index in [0.29, 0.717) is 17.0 Å². The normalized spacial score (nSPS) is 12.5. The van der Waals surface area contributed by atoms with E-state index in [9.17, 15) is 14.4 Å². The Morgan fingerprint density at radius 3 is 2.35 bits per heavy atom. The summed E-state index contributed by atoms with van der Waals surface area (Å²) in [7, 11) is 0. The number of carbonyl (C=O) groups is 3. The number of hydrogen-bond donors (Lipinski definition) is 2. The summed E-state index contributed by atoms with van der Waals surface area (Å²) >= 11 is 5.86. The summed E-state index contributed by atoms with van der Waals surface area (Å²) in [4.78, 5) is 37.6. The molecule has 2 aromatic carbocycles. The molecule has 6 nitrogen and oxygen atoms in total. The van der Waals surface area contributed by atoms with Crippen LogP contribution in [0, 0.1) is 12.8 Å². The number of amides is 2. The maximum atomic E-state index is 12.7. The zero-order chi connectivity index (χ0) is 23.0. The van der Waals surface area contributed by atoms with Crippen LogP contribution in [0.5, 0.6) is 0 Å². The second-order valence-electron chi connectivity index (χ2n) is 7.46. The first-order chi connectivity index (χ1) is 14.8. The molecule has 0 spiro atoms. The van der Waals surface area contributed by atoms with Crippen LogP contribution in [0.25, 0.3) is 0 Å². The van der Waals surface area contributed by atoms with Crippen LogP contribution >= 0.6 is 11.6 Å². The van der Waals surface area contributed by atoms with Gasteiger partial charge in [-0.25, -0.2) is 4.79 Å². The summed E-state index contributed by atoms with van der Waals surface area (Å²) in [5, 5.41) is 6.05. The van der Waals surface area contributed by atoms with Gasteiger partial charge in [0.05, 0.1) is 0 Å². The molecule has 166 valence electrons. The number of ether oxygens (including phenoxy) is 1. The second-order valence-corrected chi connectivity index (χ2v) is 7.90. The standard InChI is InChI=1S/C24H29ClN2O4/c1-5-15(3)22(27-23(29)18-10-12-19(25)13-11-18)24(30)31-14-20(28)26-21-16(4)8-7-9-17(21)6-2/h7-13,15,22H,5-6,14H2,1-4H3,(H,26,28)(H,27,29)/t15-,22-/m0/s1. The summed E-state index contributed by atoms with van der Waals surface area (Å²) in [5.74, 6) is -1.65. The van der Waals surface area contributed by atoms with Gasteiger partial charge in [0.25, 0.3) is 11.8 Å². The third-order valence-electron chi connectivity index (χ3n) is 5.21. The molecular weight excluding hydrogens is 416 g/mol. The topological polar surface area (TPSA) is 84.5 Å². The van der Waals surface area contributed by atoms with E-state index < -0.39 is 30.4 Å². The van der Waals surface area contributed by atoms with Gasteiger partial charge in [-0.2, -0.15) is 0 Å². The number of esters is 1. The van der Waals surface area contributed by atoms with Crippen molar-refractivity contribution in [1.29, 1.82) is 0 Å². The molecule has 31 heavy (non-hydrogen) atoms. The molecule has 2 aromatic rings. The van der Waals surface area contributed by atoms with Crippen LogP contribution < -0.4 is 10.6 Å². The molecule has 2 amide bonds. The van der Waals surface area contributed by atoms with E-state index >= 15 is 0 Å². The highest BCUT2D eigenvalue weighted by Crippen LogP contribution is 2.21. The fourth-order valence-electron chi connectivity index (χ4n) is 3.10. The molecule has 0 unspecified atom stereocenters.